The van der Waals surface area contributed by atoms with Crippen molar-refractivity contribution in [2.24, 2.45) is 0 Å². The van der Waals surface area contributed by atoms with Crippen molar-refractivity contribution >= 4 is 23.3 Å². The number of anilines is 1. The lowest BCUT2D eigenvalue weighted by Gasteiger charge is -2.09. The van der Waals surface area contributed by atoms with Gasteiger partial charge in [-0.25, -0.2) is 4.79 Å². The van der Waals surface area contributed by atoms with E-state index in [1.807, 2.05) is 0 Å². The maximum absolute atomic E-state index is 11.3. The number of hydrogen-bond donors (Lipinski definition) is 1. The summed E-state index contributed by atoms with van der Waals surface area (Å²) in [6.45, 7) is 0.309. The molecule has 20 heavy (non-hydrogen) atoms. The molecule has 2 aromatic rings. The average Bonchev–Trinajstić information content (AvgIpc) is 2.48. The molecule has 0 fully saturated rings. The van der Waals surface area contributed by atoms with Crippen molar-refractivity contribution in [3.63, 3.8) is 0 Å². The Hall–Kier alpha value is -2.20. The molecule has 0 aliphatic heterocycles. The topological polar surface area (TPSA) is 61.5 Å². The molecule has 0 radical (unpaired) electrons. The van der Waals surface area contributed by atoms with Crippen molar-refractivity contribution in [1.29, 1.82) is 0 Å². The normalized spacial score (nSPS) is 10.1. The van der Waals surface area contributed by atoms with Crippen LogP contribution in [0, 0.1) is 0 Å². The molecule has 2 rings (SSSR count). The Morgan fingerprint density at radius 1 is 1.20 bits per heavy atom. The average molecular weight is 292 g/mol. The van der Waals surface area contributed by atoms with Crippen LogP contribution >= 0.6 is 11.6 Å². The summed E-state index contributed by atoms with van der Waals surface area (Å²) < 4.78 is 10.2. The molecule has 0 spiro atoms. The minimum Gasteiger partial charge on any atom is -0.489 e. The third-order valence-electron chi connectivity index (χ3n) is 2.77. The van der Waals surface area contributed by atoms with Gasteiger partial charge in [-0.15, -0.1) is 0 Å². The van der Waals surface area contributed by atoms with E-state index < -0.39 is 0 Å². The van der Waals surface area contributed by atoms with Crippen molar-refractivity contribution in [1.82, 2.24) is 0 Å². The summed E-state index contributed by atoms with van der Waals surface area (Å²) in [6, 6.07) is 11.9. The molecule has 0 heterocycles. The minimum atomic E-state index is -0.379. The van der Waals surface area contributed by atoms with Gasteiger partial charge in [0.05, 0.1) is 12.7 Å². The maximum Gasteiger partial charge on any atom is 0.337 e. The first-order chi connectivity index (χ1) is 9.60. The Morgan fingerprint density at radius 3 is 2.55 bits per heavy atom. The number of nitrogen functional groups attached to an aromatic ring is 1. The number of rotatable bonds is 4. The van der Waals surface area contributed by atoms with E-state index in [9.17, 15) is 4.79 Å². The van der Waals surface area contributed by atoms with E-state index in [2.05, 4.69) is 4.74 Å². The molecule has 0 aliphatic carbocycles. The number of halogens is 1. The fourth-order valence-corrected chi connectivity index (χ4v) is 1.86. The molecule has 4 nitrogen and oxygen atoms in total. The maximum atomic E-state index is 11.3. The molecule has 0 aliphatic rings. The van der Waals surface area contributed by atoms with Crippen LogP contribution in [0.25, 0.3) is 0 Å². The number of benzene rings is 2. The van der Waals surface area contributed by atoms with Crippen LogP contribution in [0.1, 0.15) is 15.9 Å². The van der Waals surface area contributed by atoms with Crippen molar-refractivity contribution < 1.29 is 14.3 Å². The van der Waals surface area contributed by atoms with Crippen LogP contribution in [0.5, 0.6) is 5.75 Å². The highest BCUT2D eigenvalue weighted by atomic mass is 35.5. The lowest BCUT2D eigenvalue weighted by atomic mass is 10.2. The molecule has 0 aromatic heterocycles. The van der Waals surface area contributed by atoms with Crippen LogP contribution in [0.3, 0.4) is 0 Å². The van der Waals surface area contributed by atoms with Crippen LogP contribution in [-0.4, -0.2) is 13.1 Å². The van der Waals surface area contributed by atoms with E-state index >= 15 is 0 Å². The van der Waals surface area contributed by atoms with Gasteiger partial charge in [-0.1, -0.05) is 11.6 Å². The Labute approximate surface area is 122 Å². The summed E-state index contributed by atoms with van der Waals surface area (Å²) >= 11 is 5.91. The smallest absolute Gasteiger partial charge is 0.337 e. The van der Waals surface area contributed by atoms with Crippen molar-refractivity contribution in [2.75, 3.05) is 12.8 Å². The summed E-state index contributed by atoms with van der Waals surface area (Å²) in [7, 11) is 1.34. The van der Waals surface area contributed by atoms with Gasteiger partial charge in [-0.2, -0.15) is 0 Å². The zero-order valence-electron chi connectivity index (χ0n) is 10.9. The van der Waals surface area contributed by atoms with Gasteiger partial charge in [0.15, 0.2) is 0 Å². The van der Waals surface area contributed by atoms with Gasteiger partial charge >= 0.3 is 5.97 Å². The third-order valence-corrected chi connectivity index (χ3v) is 3.01. The Morgan fingerprint density at radius 2 is 1.90 bits per heavy atom. The molecular formula is C15H14ClNO3. The largest absolute Gasteiger partial charge is 0.489 e. The number of methoxy groups -OCH3 is 1. The van der Waals surface area contributed by atoms with Crippen molar-refractivity contribution in [3.05, 3.63) is 58.6 Å². The molecule has 5 heteroatoms. The highest BCUT2D eigenvalue weighted by Gasteiger charge is 2.06. The van der Waals surface area contributed by atoms with Crippen LogP contribution in [0.2, 0.25) is 5.02 Å². The third kappa shape index (κ3) is 3.42. The first kappa shape index (κ1) is 14.2. The molecule has 0 saturated carbocycles. The Balaban J connectivity index is 2.04. The van der Waals surface area contributed by atoms with Gasteiger partial charge in [-0.3, -0.25) is 0 Å². The second-order valence-electron chi connectivity index (χ2n) is 4.15. The van der Waals surface area contributed by atoms with E-state index in [4.69, 9.17) is 22.1 Å². The second-order valence-corrected chi connectivity index (χ2v) is 4.58. The predicted octanol–water partition coefficient (Wildman–Crippen LogP) is 3.29. The highest BCUT2D eigenvalue weighted by Crippen LogP contribution is 2.20. The lowest BCUT2D eigenvalue weighted by molar-refractivity contribution is 0.0600. The van der Waals surface area contributed by atoms with Crippen LogP contribution in [0.4, 0.5) is 5.69 Å². The van der Waals surface area contributed by atoms with E-state index in [1.165, 1.54) is 7.11 Å². The predicted molar refractivity (Wildman–Crippen MR) is 78.0 cm³/mol. The Kier molecular flexibility index (Phi) is 4.48. The molecule has 104 valence electrons. The number of carbonyl (C=O) groups is 1. The lowest BCUT2D eigenvalue weighted by Crippen LogP contribution is -2.02. The van der Waals surface area contributed by atoms with Crippen LogP contribution < -0.4 is 10.5 Å². The van der Waals surface area contributed by atoms with E-state index in [1.54, 1.807) is 42.5 Å². The summed E-state index contributed by atoms with van der Waals surface area (Å²) in [6.07, 6.45) is 0. The van der Waals surface area contributed by atoms with E-state index in [0.717, 1.165) is 5.56 Å². The van der Waals surface area contributed by atoms with Crippen LogP contribution in [-0.2, 0) is 11.3 Å². The zero-order chi connectivity index (χ0) is 14.5. The molecule has 0 amide bonds. The van der Waals surface area contributed by atoms with Gasteiger partial charge in [0, 0.05) is 16.3 Å². The summed E-state index contributed by atoms with van der Waals surface area (Å²) in [5.74, 6) is 0.257. The minimum absolute atomic E-state index is 0.309. The molecule has 2 N–H and O–H groups in total. The summed E-state index contributed by atoms with van der Waals surface area (Å²) in [5.41, 5.74) is 7.75. The fraction of sp³-hybridized carbons (Fsp3) is 0.133. The van der Waals surface area contributed by atoms with Gasteiger partial charge in [0.25, 0.3) is 0 Å². The van der Waals surface area contributed by atoms with Crippen LogP contribution in [0.15, 0.2) is 42.5 Å². The number of carbonyl (C=O) groups excluding carboxylic acids is 1. The number of ether oxygens (including phenoxy) is 2. The standard InChI is InChI=1S/C15H14ClNO3/c1-19-15(18)10-2-5-13(6-3-10)20-9-11-8-12(16)4-7-14(11)17/h2-8H,9,17H2,1H3. The number of esters is 1. The summed E-state index contributed by atoms with van der Waals surface area (Å²) in [4.78, 5) is 11.3. The van der Waals surface area contributed by atoms with Gasteiger partial charge in [-0.05, 0) is 42.5 Å². The molecule has 0 unspecified atom stereocenters. The van der Waals surface area contributed by atoms with Crippen molar-refractivity contribution in [2.45, 2.75) is 6.61 Å². The quantitative estimate of drug-likeness (QED) is 0.693. The van der Waals surface area contributed by atoms with Gasteiger partial charge < -0.3 is 15.2 Å². The zero-order valence-corrected chi connectivity index (χ0v) is 11.7. The SMILES string of the molecule is COC(=O)c1ccc(OCc2cc(Cl)ccc2N)cc1. The molecular weight excluding hydrogens is 278 g/mol. The second kappa shape index (κ2) is 6.30. The monoisotopic (exact) mass is 291 g/mol. The van der Waals surface area contributed by atoms with Gasteiger partial charge in [0.2, 0.25) is 0 Å². The van der Waals surface area contributed by atoms with Crippen molar-refractivity contribution in [3.8, 4) is 5.75 Å². The highest BCUT2D eigenvalue weighted by molar-refractivity contribution is 6.30. The first-order valence-corrected chi connectivity index (χ1v) is 6.33. The molecule has 0 bridgehead atoms. The Bertz CT molecular complexity index is 611. The molecule has 2 aromatic carbocycles. The molecule has 0 atom stereocenters. The fourth-order valence-electron chi connectivity index (χ4n) is 1.67. The van der Waals surface area contributed by atoms with E-state index in [-0.39, 0.29) is 5.97 Å². The van der Waals surface area contributed by atoms with E-state index in [0.29, 0.717) is 28.6 Å². The number of nitrogens with two attached hydrogens (primary N) is 1. The number of hydrogen-bond acceptors (Lipinski definition) is 4. The van der Waals surface area contributed by atoms with Gasteiger partial charge in [0.1, 0.15) is 12.4 Å². The summed E-state index contributed by atoms with van der Waals surface area (Å²) in [5, 5.41) is 0.610. The molecule has 0 saturated heterocycles. The first-order valence-electron chi connectivity index (χ1n) is 5.95.